The van der Waals surface area contributed by atoms with E-state index in [0.29, 0.717) is 34.6 Å². The number of ether oxygens (including phenoxy) is 2. The Bertz CT molecular complexity index is 887. The fraction of sp³-hybridized carbons (Fsp3) is 0.158. The first kappa shape index (κ1) is 17.0. The molecule has 0 amide bonds. The second kappa shape index (κ2) is 7.36. The first-order valence-corrected chi connectivity index (χ1v) is 8.61. The summed E-state index contributed by atoms with van der Waals surface area (Å²) in [5.41, 5.74) is 1.38. The van der Waals surface area contributed by atoms with Crippen molar-refractivity contribution < 1.29 is 19.4 Å². The van der Waals surface area contributed by atoms with Crippen LogP contribution in [0.5, 0.6) is 17.2 Å². The first-order valence-electron chi connectivity index (χ1n) is 7.79. The first-order chi connectivity index (χ1) is 12.1. The van der Waals surface area contributed by atoms with E-state index in [1.54, 1.807) is 6.92 Å². The van der Waals surface area contributed by atoms with Gasteiger partial charge in [0.15, 0.2) is 11.5 Å². The number of carboxylic acid groups (broad SMARTS) is 1. The minimum absolute atomic E-state index is 0.265. The van der Waals surface area contributed by atoms with Crippen molar-refractivity contribution in [2.24, 2.45) is 0 Å². The highest BCUT2D eigenvalue weighted by atomic mass is 32.1. The van der Waals surface area contributed by atoms with E-state index in [2.05, 4.69) is 4.98 Å². The third-order valence-electron chi connectivity index (χ3n) is 3.47. The van der Waals surface area contributed by atoms with Crippen LogP contribution in [0.2, 0.25) is 0 Å². The Kier molecular flexibility index (Phi) is 5.00. The maximum absolute atomic E-state index is 11.1. The average Bonchev–Trinajstić information content (AvgIpc) is 3.00. The van der Waals surface area contributed by atoms with E-state index in [0.717, 1.165) is 5.56 Å². The van der Waals surface area contributed by atoms with Gasteiger partial charge in [-0.05, 0) is 50.2 Å². The molecule has 0 aliphatic heterocycles. The Morgan fingerprint density at radius 3 is 2.40 bits per heavy atom. The average molecular weight is 355 g/mol. The maximum Gasteiger partial charge on any atom is 0.347 e. The molecule has 0 atom stereocenters. The highest BCUT2D eigenvalue weighted by Crippen LogP contribution is 2.33. The van der Waals surface area contributed by atoms with E-state index in [9.17, 15) is 4.79 Å². The number of thiazole rings is 1. The third kappa shape index (κ3) is 3.80. The molecule has 0 saturated carbocycles. The number of hydrogen-bond donors (Lipinski definition) is 1. The Morgan fingerprint density at radius 1 is 1.12 bits per heavy atom. The van der Waals surface area contributed by atoms with Crippen LogP contribution in [-0.4, -0.2) is 22.7 Å². The second-order valence-corrected chi connectivity index (χ2v) is 6.24. The number of hydrogen-bond acceptors (Lipinski definition) is 5. The van der Waals surface area contributed by atoms with Crippen molar-refractivity contribution in [3.8, 4) is 27.8 Å². The SMILES string of the molecule is CCOc1ccccc1Oc1ccc(-c2nc(C)c(C(=O)O)s2)cc1. The van der Waals surface area contributed by atoms with Gasteiger partial charge < -0.3 is 14.6 Å². The largest absolute Gasteiger partial charge is 0.490 e. The lowest BCUT2D eigenvalue weighted by Gasteiger charge is -2.11. The smallest absolute Gasteiger partial charge is 0.347 e. The summed E-state index contributed by atoms with van der Waals surface area (Å²) in [5, 5.41) is 9.82. The minimum Gasteiger partial charge on any atom is -0.490 e. The van der Waals surface area contributed by atoms with Crippen molar-refractivity contribution in [1.82, 2.24) is 4.98 Å². The summed E-state index contributed by atoms with van der Waals surface area (Å²) in [6, 6.07) is 14.9. The van der Waals surface area contributed by atoms with Crippen molar-refractivity contribution >= 4 is 17.3 Å². The fourth-order valence-electron chi connectivity index (χ4n) is 2.32. The molecule has 128 valence electrons. The van der Waals surface area contributed by atoms with Crippen molar-refractivity contribution in [2.45, 2.75) is 13.8 Å². The predicted molar refractivity (Wildman–Crippen MR) is 96.9 cm³/mol. The zero-order valence-electron chi connectivity index (χ0n) is 13.9. The molecule has 6 heteroatoms. The van der Waals surface area contributed by atoms with E-state index in [1.807, 2.05) is 55.5 Å². The molecule has 0 fully saturated rings. The van der Waals surface area contributed by atoms with Gasteiger partial charge in [-0.25, -0.2) is 9.78 Å². The number of aryl methyl sites for hydroxylation is 1. The normalized spacial score (nSPS) is 10.5. The van der Waals surface area contributed by atoms with Crippen LogP contribution in [0.25, 0.3) is 10.6 Å². The molecule has 0 saturated heterocycles. The molecule has 25 heavy (non-hydrogen) atoms. The van der Waals surface area contributed by atoms with Crippen molar-refractivity contribution in [3.05, 3.63) is 59.1 Å². The molecule has 2 aromatic carbocycles. The highest BCUT2D eigenvalue weighted by Gasteiger charge is 2.15. The molecule has 5 nitrogen and oxygen atoms in total. The molecule has 3 aromatic rings. The summed E-state index contributed by atoms with van der Waals surface area (Å²) < 4.78 is 11.4. The summed E-state index contributed by atoms with van der Waals surface area (Å²) in [6.07, 6.45) is 0. The summed E-state index contributed by atoms with van der Waals surface area (Å²) in [6.45, 7) is 4.19. The van der Waals surface area contributed by atoms with E-state index in [4.69, 9.17) is 14.6 Å². The van der Waals surface area contributed by atoms with Gasteiger partial charge in [-0.1, -0.05) is 12.1 Å². The van der Waals surface area contributed by atoms with Crippen molar-refractivity contribution in [3.63, 3.8) is 0 Å². The van der Waals surface area contributed by atoms with Gasteiger partial charge in [0, 0.05) is 5.56 Å². The van der Waals surface area contributed by atoms with Gasteiger partial charge in [-0.3, -0.25) is 0 Å². The van der Waals surface area contributed by atoms with Gasteiger partial charge in [0.1, 0.15) is 15.6 Å². The molecule has 0 unspecified atom stereocenters. The molecular weight excluding hydrogens is 338 g/mol. The molecule has 0 radical (unpaired) electrons. The van der Waals surface area contributed by atoms with Crippen LogP contribution >= 0.6 is 11.3 Å². The van der Waals surface area contributed by atoms with Crippen LogP contribution in [0, 0.1) is 6.92 Å². The van der Waals surface area contributed by atoms with Crippen LogP contribution in [0.1, 0.15) is 22.3 Å². The number of aromatic carboxylic acids is 1. The summed E-state index contributed by atoms with van der Waals surface area (Å²) >= 11 is 1.17. The number of carbonyl (C=O) groups is 1. The fourth-order valence-corrected chi connectivity index (χ4v) is 3.23. The standard InChI is InChI=1S/C19H17NO4S/c1-3-23-15-6-4-5-7-16(15)24-14-10-8-13(9-11-14)18-20-12(2)17(25-18)19(21)22/h4-11H,3H2,1-2H3,(H,21,22). The van der Waals surface area contributed by atoms with Gasteiger partial charge in [-0.2, -0.15) is 0 Å². The van der Waals surface area contributed by atoms with Gasteiger partial charge in [0.25, 0.3) is 0 Å². The lowest BCUT2D eigenvalue weighted by atomic mass is 10.2. The van der Waals surface area contributed by atoms with Crippen molar-refractivity contribution in [1.29, 1.82) is 0 Å². The van der Waals surface area contributed by atoms with Crippen molar-refractivity contribution in [2.75, 3.05) is 6.61 Å². The monoisotopic (exact) mass is 355 g/mol. The summed E-state index contributed by atoms with van der Waals surface area (Å²) in [4.78, 5) is 15.7. The summed E-state index contributed by atoms with van der Waals surface area (Å²) in [7, 11) is 0. The number of benzene rings is 2. The van der Waals surface area contributed by atoms with Gasteiger partial charge in [-0.15, -0.1) is 11.3 Å². The highest BCUT2D eigenvalue weighted by molar-refractivity contribution is 7.17. The molecule has 0 aliphatic carbocycles. The Morgan fingerprint density at radius 2 is 1.80 bits per heavy atom. The molecular formula is C19H17NO4S. The van der Waals surface area contributed by atoms with Crippen LogP contribution in [0.3, 0.4) is 0 Å². The lowest BCUT2D eigenvalue weighted by Crippen LogP contribution is -1.94. The number of para-hydroxylation sites is 2. The van der Waals surface area contributed by atoms with E-state index >= 15 is 0 Å². The molecule has 3 rings (SSSR count). The quantitative estimate of drug-likeness (QED) is 0.673. The van der Waals surface area contributed by atoms with Crippen LogP contribution in [0.4, 0.5) is 0 Å². The Hall–Kier alpha value is -2.86. The van der Waals surface area contributed by atoms with Crippen LogP contribution < -0.4 is 9.47 Å². The minimum atomic E-state index is -0.950. The maximum atomic E-state index is 11.1. The Labute approximate surface area is 149 Å². The molecule has 0 bridgehead atoms. The molecule has 1 N–H and O–H groups in total. The van der Waals surface area contributed by atoms with E-state index in [1.165, 1.54) is 11.3 Å². The molecule has 1 heterocycles. The zero-order valence-corrected chi connectivity index (χ0v) is 14.7. The van der Waals surface area contributed by atoms with Gasteiger partial charge in [0.05, 0.1) is 12.3 Å². The summed E-state index contributed by atoms with van der Waals surface area (Å²) in [5.74, 6) is 1.06. The van der Waals surface area contributed by atoms with Gasteiger partial charge >= 0.3 is 5.97 Å². The van der Waals surface area contributed by atoms with Crippen LogP contribution in [-0.2, 0) is 0 Å². The second-order valence-electron chi connectivity index (χ2n) is 5.24. The third-order valence-corrected chi connectivity index (χ3v) is 4.66. The number of nitrogens with zero attached hydrogens (tertiary/aromatic N) is 1. The van der Waals surface area contributed by atoms with Crippen LogP contribution in [0.15, 0.2) is 48.5 Å². The van der Waals surface area contributed by atoms with E-state index in [-0.39, 0.29) is 4.88 Å². The number of carboxylic acids is 1. The van der Waals surface area contributed by atoms with E-state index < -0.39 is 5.97 Å². The molecule has 0 aliphatic rings. The lowest BCUT2D eigenvalue weighted by molar-refractivity contribution is 0.0701. The van der Waals surface area contributed by atoms with Gasteiger partial charge in [0.2, 0.25) is 0 Å². The topological polar surface area (TPSA) is 68.7 Å². The Balaban J connectivity index is 1.81. The molecule has 0 spiro atoms. The number of rotatable bonds is 6. The number of aromatic nitrogens is 1. The zero-order chi connectivity index (χ0) is 17.8. The molecule has 1 aromatic heterocycles. The predicted octanol–water partition coefficient (Wildman–Crippen LogP) is 5.01.